The van der Waals surface area contributed by atoms with Crippen LogP contribution in [0.5, 0.6) is 11.5 Å². The topological polar surface area (TPSA) is 68.2 Å². The number of benzene rings is 1. The molecule has 0 saturated carbocycles. The van der Waals surface area contributed by atoms with Gasteiger partial charge in [-0.05, 0) is 18.2 Å². The van der Waals surface area contributed by atoms with Crippen molar-refractivity contribution in [2.45, 2.75) is 6.04 Å². The first-order valence-electron chi connectivity index (χ1n) is 6.43. The standard InChI is InChI=1S/C14H19NO5/c1-18-12-4-3-10(7-13(12)19-2)14(17)15-5-6-20-9-11(15)8-16/h3-4,7,11,16H,5-6,8-9H2,1-2H3. The molecule has 1 aromatic carbocycles. The number of morpholine rings is 1. The summed E-state index contributed by atoms with van der Waals surface area (Å²) in [5.74, 6) is 0.935. The highest BCUT2D eigenvalue weighted by Crippen LogP contribution is 2.28. The minimum atomic E-state index is -0.302. The smallest absolute Gasteiger partial charge is 0.254 e. The van der Waals surface area contributed by atoms with Crippen molar-refractivity contribution in [2.24, 2.45) is 0 Å². The van der Waals surface area contributed by atoms with Crippen LogP contribution in [0.25, 0.3) is 0 Å². The Morgan fingerprint density at radius 1 is 1.40 bits per heavy atom. The number of carbonyl (C=O) groups is 1. The van der Waals surface area contributed by atoms with Gasteiger partial charge in [0.05, 0.1) is 40.1 Å². The van der Waals surface area contributed by atoms with Crippen LogP contribution in [0, 0.1) is 0 Å². The number of hydrogen-bond donors (Lipinski definition) is 1. The number of nitrogens with zero attached hydrogens (tertiary/aromatic N) is 1. The van der Waals surface area contributed by atoms with Crippen LogP contribution in [0.3, 0.4) is 0 Å². The first-order chi connectivity index (χ1) is 9.71. The molecule has 1 saturated heterocycles. The van der Waals surface area contributed by atoms with Gasteiger partial charge in [0.1, 0.15) is 0 Å². The highest BCUT2D eigenvalue weighted by atomic mass is 16.5. The Morgan fingerprint density at radius 2 is 2.15 bits per heavy atom. The number of carbonyl (C=O) groups excluding carboxylic acids is 1. The van der Waals surface area contributed by atoms with Gasteiger partial charge in [-0.2, -0.15) is 0 Å². The lowest BCUT2D eigenvalue weighted by Gasteiger charge is -2.34. The molecule has 1 N–H and O–H groups in total. The van der Waals surface area contributed by atoms with Crippen molar-refractivity contribution in [2.75, 3.05) is 40.6 Å². The summed E-state index contributed by atoms with van der Waals surface area (Å²) in [5.41, 5.74) is 0.503. The van der Waals surface area contributed by atoms with Gasteiger partial charge in [0, 0.05) is 12.1 Å². The van der Waals surface area contributed by atoms with Crippen LogP contribution in [-0.4, -0.2) is 62.5 Å². The highest BCUT2D eigenvalue weighted by Gasteiger charge is 2.28. The van der Waals surface area contributed by atoms with Crippen molar-refractivity contribution in [3.63, 3.8) is 0 Å². The molecule has 2 rings (SSSR count). The van der Waals surface area contributed by atoms with Gasteiger partial charge in [0.25, 0.3) is 5.91 Å². The van der Waals surface area contributed by atoms with Gasteiger partial charge in [0.2, 0.25) is 0 Å². The number of aliphatic hydroxyl groups is 1. The second-order valence-electron chi connectivity index (χ2n) is 4.48. The summed E-state index contributed by atoms with van der Waals surface area (Å²) < 4.78 is 15.6. The molecule has 20 heavy (non-hydrogen) atoms. The average Bonchev–Trinajstić information content (AvgIpc) is 2.53. The summed E-state index contributed by atoms with van der Waals surface area (Å²) in [4.78, 5) is 14.1. The summed E-state index contributed by atoms with van der Waals surface area (Å²) in [6, 6.07) is 4.73. The minimum Gasteiger partial charge on any atom is -0.493 e. The number of amides is 1. The van der Waals surface area contributed by atoms with E-state index in [9.17, 15) is 9.90 Å². The summed E-state index contributed by atoms with van der Waals surface area (Å²) in [5, 5.41) is 9.32. The fourth-order valence-electron chi connectivity index (χ4n) is 2.21. The fourth-order valence-corrected chi connectivity index (χ4v) is 2.21. The fraction of sp³-hybridized carbons (Fsp3) is 0.500. The molecule has 1 atom stereocenters. The SMILES string of the molecule is COc1ccc(C(=O)N2CCOCC2CO)cc1OC. The lowest BCUT2D eigenvalue weighted by molar-refractivity contribution is -0.0184. The molecule has 1 fully saturated rings. The molecule has 1 aliphatic rings. The molecule has 110 valence electrons. The number of aliphatic hydroxyl groups excluding tert-OH is 1. The van der Waals surface area contributed by atoms with Gasteiger partial charge >= 0.3 is 0 Å². The molecule has 1 aromatic rings. The molecule has 6 nitrogen and oxygen atoms in total. The molecule has 1 aliphatic heterocycles. The van der Waals surface area contributed by atoms with E-state index in [4.69, 9.17) is 14.2 Å². The van der Waals surface area contributed by atoms with E-state index in [1.54, 1.807) is 30.2 Å². The van der Waals surface area contributed by atoms with Crippen molar-refractivity contribution in [3.05, 3.63) is 23.8 Å². The maximum Gasteiger partial charge on any atom is 0.254 e. The number of ether oxygens (including phenoxy) is 3. The lowest BCUT2D eigenvalue weighted by Crippen LogP contribution is -2.50. The molecule has 1 amide bonds. The zero-order valence-electron chi connectivity index (χ0n) is 11.7. The molecule has 1 heterocycles. The number of methoxy groups -OCH3 is 2. The molecule has 0 bridgehead atoms. The van der Waals surface area contributed by atoms with E-state index >= 15 is 0 Å². The van der Waals surface area contributed by atoms with E-state index in [1.165, 1.54) is 7.11 Å². The van der Waals surface area contributed by atoms with Crippen molar-refractivity contribution < 1.29 is 24.1 Å². The molecule has 0 spiro atoms. The number of rotatable bonds is 4. The van der Waals surface area contributed by atoms with Crippen LogP contribution in [0.15, 0.2) is 18.2 Å². The summed E-state index contributed by atoms with van der Waals surface area (Å²) >= 11 is 0. The van der Waals surface area contributed by atoms with E-state index in [2.05, 4.69) is 0 Å². The first-order valence-corrected chi connectivity index (χ1v) is 6.43. The van der Waals surface area contributed by atoms with Crippen molar-refractivity contribution in [1.82, 2.24) is 4.90 Å². The normalized spacial score (nSPS) is 18.8. The summed E-state index contributed by atoms with van der Waals surface area (Å²) in [7, 11) is 3.07. The van der Waals surface area contributed by atoms with E-state index < -0.39 is 0 Å². The molecule has 1 unspecified atom stereocenters. The molecule has 6 heteroatoms. The van der Waals surface area contributed by atoms with Crippen LogP contribution in [0.1, 0.15) is 10.4 Å². The van der Waals surface area contributed by atoms with E-state index in [0.717, 1.165) is 0 Å². The maximum absolute atomic E-state index is 12.5. The predicted octanol–water partition coefficient (Wildman–Crippen LogP) is 0.537. The quantitative estimate of drug-likeness (QED) is 0.872. The van der Waals surface area contributed by atoms with Crippen LogP contribution in [0.2, 0.25) is 0 Å². The summed E-state index contributed by atoms with van der Waals surface area (Å²) in [6.07, 6.45) is 0. The van der Waals surface area contributed by atoms with Gasteiger partial charge < -0.3 is 24.2 Å². The van der Waals surface area contributed by atoms with Crippen molar-refractivity contribution in [1.29, 1.82) is 0 Å². The maximum atomic E-state index is 12.5. The van der Waals surface area contributed by atoms with Gasteiger partial charge in [-0.25, -0.2) is 0 Å². The van der Waals surface area contributed by atoms with Gasteiger partial charge in [-0.3, -0.25) is 4.79 Å². The Kier molecular flexibility index (Phi) is 4.81. The van der Waals surface area contributed by atoms with Gasteiger partial charge in [-0.1, -0.05) is 0 Å². The Balaban J connectivity index is 2.23. The zero-order valence-corrected chi connectivity index (χ0v) is 11.7. The molecule has 0 aliphatic carbocycles. The molecular formula is C14H19NO5. The van der Waals surface area contributed by atoms with Crippen LogP contribution in [-0.2, 0) is 4.74 Å². The third-order valence-corrected chi connectivity index (χ3v) is 3.33. The monoisotopic (exact) mass is 281 g/mol. The van der Waals surface area contributed by atoms with Crippen LogP contribution >= 0.6 is 0 Å². The zero-order chi connectivity index (χ0) is 14.5. The first kappa shape index (κ1) is 14.6. The Hall–Kier alpha value is -1.79. The Labute approximate surface area is 117 Å². The number of hydrogen-bond acceptors (Lipinski definition) is 5. The lowest BCUT2D eigenvalue weighted by atomic mass is 10.1. The van der Waals surface area contributed by atoms with E-state index in [0.29, 0.717) is 36.8 Å². The molecular weight excluding hydrogens is 262 g/mol. The third-order valence-electron chi connectivity index (χ3n) is 3.33. The molecule has 0 aromatic heterocycles. The van der Waals surface area contributed by atoms with E-state index in [1.807, 2.05) is 0 Å². The van der Waals surface area contributed by atoms with Crippen molar-refractivity contribution >= 4 is 5.91 Å². The largest absolute Gasteiger partial charge is 0.493 e. The van der Waals surface area contributed by atoms with Crippen LogP contribution in [0.4, 0.5) is 0 Å². The predicted molar refractivity (Wildman–Crippen MR) is 72.3 cm³/mol. The van der Waals surface area contributed by atoms with Crippen LogP contribution < -0.4 is 9.47 Å². The Bertz CT molecular complexity index is 477. The second kappa shape index (κ2) is 6.58. The highest BCUT2D eigenvalue weighted by molar-refractivity contribution is 5.95. The third kappa shape index (κ3) is 2.86. The minimum absolute atomic E-state index is 0.112. The average molecular weight is 281 g/mol. The molecule has 0 radical (unpaired) electrons. The van der Waals surface area contributed by atoms with Crippen molar-refractivity contribution in [3.8, 4) is 11.5 Å². The Morgan fingerprint density at radius 3 is 2.80 bits per heavy atom. The van der Waals surface area contributed by atoms with E-state index in [-0.39, 0.29) is 18.6 Å². The van der Waals surface area contributed by atoms with Gasteiger partial charge in [0.15, 0.2) is 11.5 Å². The second-order valence-corrected chi connectivity index (χ2v) is 4.48. The summed E-state index contributed by atoms with van der Waals surface area (Å²) in [6.45, 7) is 1.20. The van der Waals surface area contributed by atoms with Gasteiger partial charge in [-0.15, -0.1) is 0 Å².